The smallest absolute Gasteiger partial charge is 0.189 e. The van der Waals surface area contributed by atoms with Gasteiger partial charge in [-0.05, 0) is 12.1 Å². The van der Waals surface area contributed by atoms with Gasteiger partial charge in [-0.1, -0.05) is 84.9 Å². The predicted molar refractivity (Wildman–Crippen MR) is 122 cm³/mol. The summed E-state index contributed by atoms with van der Waals surface area (Å²) in [6, 6.07) is 42.1. The van der Waals surface area contributed by atoms with Gasteiger partial charge < -0.3 is 0 Å². The number of hydrogen-bond acceptors (Lipinski definition) is 1. The summed E-state index contributed by atoms with van der Waals surface area (Å²) in [6.45, 7) is 0. The molecule has 4 aromatic carbocycles. The van der Waals surface area contributed by atoms with Crippen LogP contribution in [0.25, 0.3) is 5.70 Å². The molecule has 1 aliphatic heterocycles. The molecule has 0 aliphatic carbocycles. The van der Waals surface area contributed by atoms with Gasteiger partial charge in [0.2, 0.25) is 0 Å². The van der Waals surface area contributed by atoms with Gasteiger partial charge >= 0.3 is 0 Å². The van der Waals surface area contributed by atoms with E-state index < -0.39 is 0 Å². The minimum Gasteiger partial charge on any atom is -0.189 e. The molecule has 4 aromatic rings. The van der Waals surface area contributed by atoms with Crippen molar-refractivity contribution in [3.63, 3.8) is 0 Å². The van der Waals surface area contributed by atoms with Crippen LogP contribution in [0, 0.1) is 0 Å². The number of quaternary nitrogens is 1. The first-order valence-electron chi connectivity index (χ1n) is 9.81. The van der Waals surface area contributed by atoms with E-state index in [-0.39, 0.29) is 0 Å². The van der Waals surface area contributed by atoms with Crippen LogP contribution in [0.4, 0.5) is 11.4 Å². The fourth-order valence-electron chi connectivity index (χ4n) is 3.94. The zero-order valence-electron chi connectivity index (χ0n) is 16.0. The van der Waals surface area contributed by atoms with Crippen LogP contribution in [0.2, 0.25) is 0 Å². The van der Waals surface area contributed by atoms with E-state index in [1.54, 1.807) is 0 Å². The molecule has 138 valence electrons. The number of rotatable bonds is 4. The summed E-state index contributed by atoms with van der Waals surface area (Å²) in [5.41, 5.74) is 5.53. The van der Waals surface area contributed by atoms with E-state index >= 15 is 0 Å². The van der Waals surface area contributed by atoms with Crippen molar-refractivity contribution in [2.24, 2.45) is 4.99 Å². The zero-order valence-corrected chi connectivity index (χ0v) is 16.0. The molecule has 0 spiro atoms. The van der Waals surface area contributed by atoms with Gasteiger partial charge in [0.15, 0.2) is 0 Å². The molecule has 0 saturated heterocycles. The summed E-state index contributed by atoms with van der Waals surface area (Å²) >= 11 is 0. The number of aliphatic imine (C=N–C) groups is 1. The highest BCUT2D eigenvalue weighted by Gasteiger charge is 2.44. The van der Waals surface area contributed by atoms with Gasteiger partial charge in [-0.2, -0.15) is 9.48 Å². The van der Waals surface area contributed by atoms with Crippen LogP contribution in [0.5, 0.6) is 0 Å². The third-order valence-electron chi connectivity index (χ3n) is 5.30. The molecule has 0 bridgehead atoms. The van der Waals surface area contributed by atoms with Crippen molar-refractivity contribution in [1.82, 2.24) is 4.48 Å². The van der Waals surface area contributed by atoms with Gasteiger partial charge in [-0.15, -0.1) is 0 Å². The van der Waals surface area contributed by atoms with Gasteiger partial charge in [0.05, 0.1) is 5.56 Å². The Bertz CT molecular complexity index is 1120. The van der Waals surface area contributed by atoms with Crippen LogP contribution in [-0.2, 0) is 0 Å². The van der Waals surface area contributed by atoms with E-state index in [2.05, 4.69) is 115 Å². The summed E-state index contributed by atoms with van der Waals surface area (Å²) in [7, 11) is 0. The molecule has 2 nitrogen and oxygen atoms in total. The van der Waals surface area contributed by atoms with Crippen molar-refractivity contribution in [2.45, 2.75) is 0 Å². The number of hydrogen-bond donors (Lipinski definition) is 0. The van der Waals surface area contributed by atoms with Gasteiger partial charge in [-0.25, -0.2) is 0 Å². The van der Waals surface area contributed by atoms with E-state index in [1.165, 1.54) is 0 Å². The van der Waals surface area contributed by atoms with Gasteiger partial charge in [-0.3, -0.25) is 0 Å². The first-order valence-corrected chi connectivity index (χ1v) is 9.81. The Morgan fingerprint density at radius 1 is 0.448 bits per heavy atom. The quantitative estimate of drug-likeness (QED) is 0.349. The average Bonchev–Trinajstić information content (AvgIpc) is 3.23. The van der Waals surface area contributed by atoms with Crippen molar-refractivity contribution in [3.05, 3.63) is 139 Å². The summed E-state index contributed by atoms with van der Waals surface area (Å²) in [5, 5.41) is 0. The molecule has 0 saturated carbocycles. The van der Waals surface area contributed by atoms with E-state index in [9.17, 15) is 0 Å². The maximum Gasteiger partial charge on any atom is 0.250 e. The lowest BCUT2D eigenvalue weighted by molar-refractivity contribution is 0.749. The van der Waals surface area contributed by atoms with Crippen molar-refractivity contribution in [2.75, 3.05) is 0 Å². The van der Waals surface area contributed by atoms with Crippen LogP contribution in [0.3, 0.4) is 0 Å². The largest absolute Gasteiger partial charge is 0.250 e. The highest BCUT2D eigenvalue weighted by atomic mass is 15.4. The second-order valence-electron chi connectivity index (χ2n) is 7.08. The van der Waals surface area contributed by atoms with Crippen LogP contribution >= 0.6 is 0 Å². The summed E-state index contributed by atoms with van der Waals surface area (Å²) in [5.74, 6) is 1.00. The Hall–Kier alpha value is -3.75. The molecule has 1 heterocycles. The molecule has 1 aliphatic rings. The van der Waals surface area contributed by atoms with Crippen LogP contribution in [0.1, 0.15) is 11.1 Å². The molecule has 0 radical (unpaired) electrons. The SMILES string of the molecule is C1=C(c2ccccc2)N=C(c2ccccc2)[N+]1(c1ccccc1)c1ccccc1. The number of amidine groups is 1. The molecule has 0 atom stereocenters. The Morgan fingerprint density at radius 3 is 1.34 bits per heavy atom. The Kier molecular flexibility index (Phi) is 4.39. The van der Waals surface area contributed by atoms with Gasteiger partial charge in [0, 0.05) is 29.8 Å². The fourth-order valence-corrected chi connectivity index (χ4v) is 3.94. The lowest BCUT2D eigenvalue weighted by Crippen LogP contribution is -2.43. The number of para-hydroxylation sites is 2. The Labute approximate surface area is 171 Å². The van der Waals surface area contributed by atoms with Crippen LogP contribution in [-0.4, -0.2) is 5.84 Å². The molecule has 29 heavy (non-hydrogen) atoms. The third-order valence-corrected chi connectivity index (χ3v) is 5.30. The molecule has 0 amide bonds. The molecule has 2 heteroatoms. The predicted octanol–water partition coefficient (Wildman–Crippen LogP) is 6.78. The normalized spacial score (nSPS) is 14.9. The minimum atomic E-state index is 0.454. The van der Waals surface area contributed by atoms with E-state index in [0.29, 0.717) is 4.48 Å². The van der Waals surface area contributed by atoms with Crippen molar-refractivity contribution >= 4 is 22.9 Å². The second-order valence-corrected chi connectivity index (χ2v) is 7.08. The number of benzene rings is 4. The highest BCUT2D eigenvalue weighted by molar-refractivity contribution is 6.16. The fraction of sp³-hybridized carbons (Fsp3) is 0. The molecule has 0 unspecified atom stereocenters. The van der Waals surface area contributed by atoms with Crippen molar-refractivity contribution in [3.8, 4) is 0 Å². The van der Waals surface area contributed by atoms with E-state index in [4.69, 9.17) is 4.99 Å². The molecule has 0 fully saturated rings. The van der Waals surface area contributed by atoms with Crippen molar-refractivity contribution < 1.29 is 0 Å². The van der Waals surface area contributed by atoms with Gasteiger partial charge in [0.25, 0.3) is 5.84 Å². The Morgan fingerprint density at radius 2 is 0.862 bits per heavy atom. The first-order chi connectivity index (χ1) is 14.4. The molecule has 0 N–H and O–H groups in total. The monoisotopic (exact) mass is 373 g/mol. The first kappa shape index (κ1) is 17.4. The summed E-state index contributed by atoms with van der Waals surface area (Å²) in [6.07, 6.45) is 2.27. The highest BCUT2D eigenvalue weighted by Crippen LogP contribution is 2.43. The van der Waals surface area contributed by atoms with E-state index in [1.807, 2.05) is 12.1 Å². The summed E-state index contributed by atoms with van der Waals surface area (Å²) in [4.78, 5) is 5.18. The average molecular weight is 373 g/mol. The molecular formula is C27H21N2+. The standard InChI is InChI=1S/C27H21N2/c1-5-13-22(14-6-1)26-21-29(24-17-9-3-10-18-24,25-19-11-4-12-20-25)27(28-26)23-15-7-2-8-16-23/h1-21H/q+1. The van der Waals surface area contributed by atoms with E-state index in [0.717, 1.165) is 34.0 Å². The maximum atomic E-state index is 5.18. The van der Waals surface area contributed by atoms with Crippen LogP contribution in [0.15, 0.2) is 133 Å². The topological polar surface area (TPSA) is 12.4 Å². The minimum absolute atomic E-state index is 0.454. The molecule has 0 aromatic heterocycles. The van der Waals surface area contributed by atoms with Gasteiger partial charge in [0.1, 0.15) is 23.3 Å². The Balaban J connectivity index is 1.83. The second kappa shape index (κ2) is 7.34. The van der Waals surface area contributed by atoms with Crippen LogP contribution < -0.4 is 4.48 Å². The lowest BCUT2D eigenvalue weighted by Gasteiger charge is -2.31. The number of nitrogens with zero attached hydrogens (tertiary/aromatic N) is 2. The zero-order chi connectivity index (χ0) is 19.5. The maximum absolute atomic E-state index is 5.18. The lowest BCUT2D eigenvalue weighted by atomic mass is 10.1. The summed E-state index contributed by atoms with van der Waals surface area (Å²) < 4.78 is 0.454. The van der Waals surface area contributed by atoms with Crippen molar-refractivity contribution in [1.29, 1.82) is 0 Å². The third kappa shape index (κ3) is 3.00. The molecule has 5 rings (SSSR count). The molecular weight excluding hydrogens is 352 g/mol.